The van der Waals surface area contributed by atoms with Crippen molar-refractivity contribution in [2.45, 2.75) is 54.6 Å². The highest BCUT2D eigenvalue weighted by molar-refractivity contribution is 7.92. The van der Waals surface area contributed by atoms with Gasteiger partial charge in [-0.15, -0.1) is 0 Å². The molecule has 1 heterocycles. The molecule has 0 unspecified atom stereocenters. The molecule has 36 heavy (non-hydrogen) atoms. The van der Waals surface area contributed by atoms with E-state index in [0.29, 0.717) is 43.8 Å². The van der Waals surface area contributed by atoms with E-state index in [2.05, 4.69) is 0 Å². The van der Waals surface area contributed by atoms with Gasteiger partial charge in [-0.25, -0.2) is 17.2 Å². The molecule has 194 valence electrons. The molecule has 10 heteroatoms. The molecule has 1 saturated carbocycles. The number of sulfone groups is 1. The largest absolute Gasteiger partial charge is 0.481 e. The van der Waals surface area contributed by atoms with Gasteiger partial charge in [0, 0.05) is 30.1 Å². The van der Waals surface area contributed by atoms with Crippen molar-refractivity contribution < 1.29 is 31.9 Å². The molecular formula is C26H28ClF2NO5S. The predicted octanol–water partition coefficient (Wildman–Crippen LogP) is 5.19. The van der Waals surface area contributed by atoms with Crippen molar-refractivity contribution in [3.8, 4) is 0 Å². The molecule has 1 aliphatic carbocycles. The first kappa shape index (κ1) is 26.5. The Morgan fingerprint density at radius 1 is 1.00 bits per heavy atom. The Balaban J connectivity index is 1.55. The van der Waals surface area contributed by atoms with E-state index >= 15 is 0 Å². The Morgan fingerprint density at radius 2 is 1.61 bits per heavy atom. The van der Waals surface area contributed by atoms with Gasteiger partial charge in [0.15, 0.2) is 9.84 Å². The highest BCUT2D eigenvalue weighted by atomic mass is 35.5. The van der Waals surface area contributed by atoms with E-state index in [4.69, 9.17) is 16.7 Å². The van der Waals surface area contributed by atoms with Gasteiger partial charge in [-0.05, 0) is 86.9 Å². The molecule has 1 amide bonds. The number of piperidine rings is 1. The van der Waals surface area contributed by atoms with E-state index in [1.165, 1.54) is 24.3 Å². The minimum absolute atomic E-state index is 0.0219. The molecule has 2 aromatic rings. The molecule has 2 fully saturated rings. The minimum Gasteiger partial charge on any atom is -0.481 e. The Hall–Kier alpha value is -2.52. The number of nitrogens with zero attached hydrogens (tertiary/aromatic N) is 1. The first-order valence-corrected chi connectivity index (χ1v) is 13.9. The summed E-state index contributed by atoms with van der Waals surface area (Å²) in [4.78, 5) is 25.7. The topological polar surface area (TPSA) is 91.8 Å². The second kappa shape index (κ2) is 10.5. The van der Waals surface area contributed by atoms with Crippen LogP contribution in [-0.4, -0.2) is 43.4 Å². The van der Waals surface area contributed by atoms with Crippen LogP contribution in [0.3, 0.4) is 0 Å². The van der Waals surface area contributed by atoms with Crippen LogP contribution in [0.1, 0.15) is 50.5 Å². The Morgan fingerprint density at radius 3 is 2.19 bits per heavy atom. The number of hydrogen-bond donors (Lipinski definition) is 1. The molecule has 1 aliphatic heterocycles. The average molecular weight is 540 g/mol. The quantitative estimate of drug-likeness (QED) is 0.545. The molecule has 4 rings (SSSR count). The summed E-state index contributed by atoms with van der Waals surface area (Å²) >= 11 is 5.93. The number of carboxylic acid groups (broad SMARTS) is 1. The van der Waals surface area contributed by atoms with Gasteiger partial charge in [0.05, 0.1) is 10.8 Å². The highest BCUT2D eigenvalue weighted by Gasteiger charge is 2.50. The summed E-state index contributed by atoms with van der Waals surface area (Å²) in [6.45, 7) is 0.762. The van der Waals surface area contributed by atoms with Crippen molar-refractivity contribution in [1.82, 2.24) is 4.90 Å². The summed E-state index contributed by atoms with van der Waals surface area (Å²) in [6, 6.07) is 8.49. The monoisotopic (exact) mass is 539 g/mol. The fourth-order valence-corrected chi connectivity index (χ4v) is 7.76. The molecule has 0 radical (unpaired) electrons. The molecule has 6 nitrogen and oxygen atoms in total. The van der Waals surface area contributed by atoms with Gasteiger partial charge in [0.2, 0.25) is 5.91 Å². The lowest BCUT2D eigenvalue weighted by atomic mass is 9.76. The molecule has 2 aliphatic rings. The number of amides is 1. The Labute approximate surface area is 214 Å². The smallest absolute Gasteiger partial charge is 0.306 e. The first-order chi connectivity index (χ1) is 17.0. The molecule has 0 aromatic heterocycles. The lowest BCUT2D eigenvalue weighted by Gasteiger charge is -2.40. The third kappa shape index (κ3) is 5.13. The zero-order valence-electron chi connectivity index (χ0n) is 19.6. The molecule has 0 atom stereocenters. The third-order valence-electron chi connectivity index (χ3n) is 7.63. The second-order valence-corrected chi connectivity index (χ2v) is 12.4. The van der Waals surface area contributed by atoms with E-state index in [-0.39, 0.29) is 41.5 Å². The lowest BCUT2D eigenvalue weighted by molar-refractivity contribution is -0.146. The van der Waals surface area contributed by atoms with E-state index in [0.717, 1.165) is 18.2 Å². The van der Waals surface area contributed by atoms with Crippen LogP contribution < -0.4 is 0 Å². The summed E-state index contributed by atoms with van der Waals surface area (Å²) in [5.41, 5.74) is -0.196. The summed E-state index contributed by atoms with van der Waals surface area (Å²) < 4.78 is 55.3. The van der Waals surface area contributed by atoms with Gasteiger partial charge < -0.3 is 10.0 Å². The van der Waals surface area contributed by atoms with Crippen molar-refractivity contribution in [1.29, 1.82) is 0 Å². The maximum atomic E-state index is 15.0. The number of benzene rings is 2. The number of carbonyl (C=O) groups is 2. The van der Waals surface area contributed by atoms with Crippen LogP contribution in [0.15, 0.2) is 47.4 Å². The van der Waals surface area contributed by atoms with Crippen LogP contribution >= 0.6 is 11.6 Å². The van der Waals surface area contributed by atoms with Crippen LogP contribution in [-0.2, 0) is 24.2 Å². The zero-order chi connectivity index (χ0) is 26.1. The van der Waals surface area contributed by atoms with Gasteiger partial charge in [0.25, 0.3) is 0 Å². The maximum absolute atomic E-state index is 15.0. The van der Waals surface area contributed by atoms with Crippen molar-refractivity contribution in [3.63, 3.8) is 0 Å². The van der Waals surface area contributed by atoms with E-state index in [1.54, 1.807) is 4.90 Å². The summed E-state index contributed by atoms with van der Waals surface area (Å²) in [5, 5.41) is 9.51. The van der Waals surface area contributed by atoms with Crippen molar-refractivity contribution in [3.05, 3.63) is 64.7 Å². The molecule has 1 N–H and O–H groups in total. The predicted molar refractivity (Wildman–Crippen MR) is 130 cm³/mol. The number of carboxylic acids is 1. The number of carbonyl (C=O) groups excluding carboxylic acids is 1. The third-order valence-corrected chi connectivity index (χ3v) is 10.4. The number of hydrogen-bond acceptors (Lipinski definition) is 4. The lowest BCUT2D eigenvalue weighted by Crippen LogP contribution is -2.43. The zero-order valence-corrected chi connectivity index (χ0v) is 21.2. The van der Waals surface area contributed by atoms with Gasteiger partial charge >= 0.3 is 5.97 Å². The minimum atomic E-state index is -4.14. The first-order valence-electron chi connectivity index (χ1n) is 12.0. The Bertz CT molecular complexity index is 1240. The molecular weight excluding hydrogens is 512 g/mol. The molecule has 1 saturated heterocycles. The number of rotatable bonds is 6. The van der Waals surface area contributed by atoms with Gasteiger partial charge in [-0.2, -0.15) is 0 Å². The average Bonchev–Trinajstić information content (AvgIpc) is 2.86. The van der Waals surface area contributed by atoms with Crippen LogP contribution in [0.2, 0.25) is 5.02 Å². The molecule has 2 aromatic carbocycles. The van der Waals surface area contributed by atoms with Crippen LogP contribution in [0.4, 0.5) is 8.78 Å². The maximum Gasteiger partial charge on any atom is 0.306 e. The second-order valence-electron chi connectivity index (χ2n) is 9.72. The van der Waals surface area contributed by atoms with Gasteiger partial charge in [-0.1, -0.05) is 11.6 Å². The van der Waals surface area contributed by atoms with Crippen LogP contribution in [0, 0.1) is 23.5 Å². The summed E-state index contributed by atoms with van der Waals surface area (Å²) in [6.07, 6.45) is 1.80. The van der Waals surface area contributed by atoms with E-state index in [9.17, 15) is 26.8 Å². The normalized spacial score (nSPS) is 23.4. The summed E-state index contributed by atoms with van der Waals surface area (Å²) in [7, 11) is -4.14. The number of aliphatic carboxylic acids is 1. The molecule has 0 bridgehead atoms. The van der Waals surface area contributed by atoms with Crippen LogP contribution in [0.5, 0.6) is 0 Å². The fourth-order valence-electron chi connectivity index (χ4n) is 5.47. The van der Waals surface area contributed by atoms with Crippen molar-refractivity contribution in [2.24, 2.45) is 11.8 Å². The van der Waals surface area contributed by atoms with Gasteiger partial charge in [-0.3, -0.25) is 9.59 Å². The highest BCUT2D eigenvalue weighted by Crippen LogP contribution is 2.50. The van der Waals surface area contributed by atoms with E-state index < -0.39 is 38.1 Å². The summed E-state index contributed by atoms with van der Waals surface area (Å²) in [5.74, 6) is -3.00. The van der Waals surface area contributed by atoms with Crippen LogP contribution in [0.25, 0.3) is 0 Å². The molecule has 0 spiro atoms. The standard InChI is InChI=1S/C26H28ClF2NO5S/c27-19-1-4-21(5-2-19)36(34,35)26(22-16-20(28)3-6-23(22)29)11-7-17(8-12-26)15-24(31)30-13-9-18(10-14-30)25(32)33/h1-6,16-18H,7-15H2,(H,32,33). The number of halogens is 3. The van der Waals surface area contributed by atoms with Crippen molar-refractivity contribution in [2.75, 3.05) is 13.1 Å². The fraction of sp³-hybridized carbons (Fsp3) is 0.462. The SMILES string of the molecule is O=C(O)C1CCN(C(=O)CC2CCC(c3cc(F)ccc3F)(S(=O)(=O)c3ccc(Cl)cc3)CC2)CC1. The van der Waals surface area contributed by atoms with Crippen molar-refractivity contribution >= 4 is 33.3 Å². The van der Waals surface area contributed by atoms with Gasteiger partial charge in [0.1, 0.15) is 16.4 Å². The number of likely N-dealkylation sites (tertiary alicyclic amines) is 1. The van der Waals surface area contributed by atoms with E-state index in [1.807, 2.05) is 0 Å². The Kier molecular flexibility index (Phi) is 7.71.